The first kappa shape index (κ1) is 28.9. The van der Waals surface area contributed by atoms with Gasteiger partial charge in [0, 0.05) is 22.6 Å². The van der Waals surface area contributed by atoms with E-state index in [0.29, 0.717) is 38.9 Å². The van der Waals surface area contributed by atoms with Crippen LogP contribution in [0.2, 0.25) is 0 Å². The SMILES string of the molecule is CCc1ccc(-c2c(C#N)c(N)nc(SCCC(=O)Nc3sc4c(c3C(=O)OC)CCc3ccccc3-4)c2C#N)cc1. The number of fused-ring (bicyclic) bond motifs is 3. The van der Waals surface area contributed by atoms with E-state index in [-0.39, 0.29) is 29.3 Å². The molecular weight excluding hydrogens is 567 g/mol. The number of thioether (sulfide) groups is 1. The number of nitrogens with zero attached hydrogens (tertiary/aromatic N) is 3. The molecule has 8 nitrogen and oxygen atoms in total. The number of nitrogens with one attached hydrogen (secondary N) is 1. The maximum atomic E-state index is 13.1. The van der Waals surface area contributed by atoms with Gasteiger partial charge in [0.1, 0.15) is 33.5 Å². The van der Waals surface area contributed by atoms with Crippen molar-refractivity contribution in [1.29, 1.82) is 10.5 Å². The van der Waals surface area contributed by atoms with E-state index >= 15 is 0 Å². The highest BCUT2D eigenvalue weighted by molar-refractivity contribution is 7.99. The Hall–Kier alpha value is -4.64. The minimum absolute atomic E-state index is 0.0326. The molecule has 1 aliphatic carbocycles. The molecule has 2 heterocycles. The number of esters is 1. The fourth-order valence-electron chi connectivity index (χ4n) is 5.07. The Kier molecular flexibility index (Phi) is 8.58. The average Bonchev–Trinajstić information content (AvgIpc) is 3.38. The summed E-state index contributed by atoms with van der Waals surface area (Å²) in [6, 6.07) is 20.0. The molecule has 0 bridgehead atoms. The zero-order valence-electron chi connectivity index (χ0n) is 23.1. The molecule has 210 valence electrons. The van der Waals surface area contributed by atoms with E-state index in [0.717, 1.165) is 34.4 Å². The van der Waals surface area contributed by atoms with Gasteiger partial charge in [0.2, 0.25) is 5.91 Å². The molecule has 10 heteroatoms. The quantitative estimate of drug-likeness (QED) is 0.177. The molecule has 5 rings (SSSR count). The van der Waals surface area contributed by atoms with Gasteiger partial charge in [-0.25, -0.2) is 9.78 Å². The number of methoxy groups -OCH3 is 1. The smallest absolute Gasteiger partial charge is 0.341 e. The van der Waals surface area contributed by atoms with Gasteiger partial charge in [0.15, 0.2) is 0 Å². The zero-order chi connectivity index (χ0) is 29.8. The van der Waals surface area contributed by atoms with E-state index < -0.39 is 5.97 Å². The minimum Gasteiger partial charge on any atom is -0.465 e. The number of hydrogen-bond donors (Lipinski definition) is 2. The standard InChI is InChI=1S/C32H27N5O3S2/c1-3-18-8-10-20(11-9-18)26-23(16-33)29(35)37-30(24(26)17-34)41-15-14-25(38)36-31-27(32(39)40-2)22-13-12-19-6-4-5-7-21(19)28(22)42-31/h4-11H,3,12-15H2,1-2H3,(H2,35,37)(H,36,38). The van der Waals surface area contributed by atoms with Crippen molar-refractivity contribution in [1.82, 2.24) is 4.98 Å². The topological polar surface area (TPSA) is 142 Å². The molecule has 0 atom stereocenters. The fourth-order valence-corrected chi connectivity index (χ4v) is 7.32. The molecule has 3 N–H and O–H groups in total. The van der Waals surface area contributed by atoms with Crippen LogP contribution in [0.5, 0.6) is 0 Å². The van der Waals surface area contributed by atoms with Crippen molar-refractivity contribution in [2.24, 2.45) is 0 Å². The molecule has 2 aromatic carbocycles. The van der Waals surface area contributed by atoms with Gasteiger partial charge in [-0.05, 0) is 47.1 Å². The number of carbonyl (C=O) groups excluding carboxylic acids is 2. The minimum atomic E-state index is -0.480. The molecular formula is C32H27N5O3S2. The molecule has 0 saturated carbocycles. The van der Waals surface area contributed by atoms with Crippen molar-refractivity contribution in [2.45, 2.75) is 37.6 Å². The third-order valence-electron chi connectivity index (χ3n) is 7.19. The van der Waals surface area contributed by atoms with Crippen LogP contribution in [0.1, 0.15) is 51.5 Å². The van der Waals surface area contributed by atoms with Crippen molar-refractivity contribution in [3.63, 3.8) is 0 Å². The maximum absolute atomic E-state index is 13.1. The normalized spacial score (nSPS) is 11.5. The third-order valence-corrected chi connectivity index (χ3v) is 9.35. The van der Waals surface area contributed by atoms with Crippen molar-refractivity contribution in [3.05, 3.63) is 81.9 Å². The summed E-state index contributed by atoms with van der Waals surface area (Å²) in [6.07, 6.45) is 2.45. The molecule has 0 spiro atoms. The van der Waals surface area contributed by atoms with Crippen LogP contribution in [-0.2, 0) is 28.8 Å². The number of thiophene rings is 1. The van der Waals surface area contributed by atoms with Gasteiger partial charge >= 0.3 is 5.97 Å². The van der Waals surface area contributed by atoms with Gasteiger partial charge in [-0.2, -0.15) is 10.5 Å². The monoisotopic (exact) mass is 593 g/mol. The van der Waals surface area contributed by atoms with Crippen LogP contribution in [-0.4, -0.2) is 29.7 Å². The van der Waals surface area contributed by atoms with Crippen molar-refractivity contribution < 1.29 is 14.3 Å². The first-order valence-electron chi connectivity index (χ1n) is 13.4. The Morgan fingerprint density at radius 2 is 1.83 bits per heavy atom. The Balaban J connectivity index is 1.37. The molecule has 2 aromatic heterocycles. The molecule has 0 aliphatic heterocycles. The molecule has 0 saturated heterocycles. The number of benzene rings is 2. The van der Waals surface area contributed by atoms with Gasteiger partial charge in [-0.15, -0.1) is 23.1 Å². The average molecular weight is 594 g/mol. The summed E-state index contributed by atoms with van der Waals surface area (Å²) in [4.78, 5) is 31.1. The number of hydrogen-bond acceptors (Lipinski definition) is 9. The number of aromatic nitrogens is 1. The highest BCUT2D eigenvalue weighted by atomic mass is 32.2. The van der Waals surface area contributed by atoms with Crippen LogP contribution in [0.15, 0.2) is 53.6 Å². The highest BCUT2D eigenvalue weighted by Crippen LogP contribution is 2.45. The number of anilines is 2. The number of amides is 1. The first-order valence-corrected chi connectivity index (χ1v) is 15.2. The number of ether oxygens (including phenoxy) is 1. The van der Waals surface area contributed by atoms with Crippen LogP contribution in [0.3, 0.4) is 0 Å². The van der Waals surface area contributed by atoms with Gasteiger partial charge in [-0.3, -0.25) is 4.79 Å². The molecule has 0 unspecified atom stereocenters. The summed E-state index contributed by atoms with van der Waals surface area (Å²) in [7, 11) is 1.33. The third kappa shape index (κ3) is 5.47. The summed E-state index contributed by atoms with van der Waals surface area (Å²) in [5, 5.41) is 23.6. The molecule has 0 radical (unpaired) electrons. The highest BCUT2D eigenvalue weighted by Gasteiger charge is 2.29. The lowest BCUT2D eigenvalue weighted by Crippen LogP contribution is -2.15. The van der Waals surface area contributed by atoms with E-state index in [9.17, 15) is 20.1 Å². The summed E-state index contributed by atoms with van der Waals surface area (Å²) >= 11 is 2.60. The zero-order valence-corrected chi connectivity index (χ0v) is 24.7. The summed E-state index contributed by atoms with van der Waals surface area (Å²) in [5.74, 6) is -0.429. The van der Waals surface area contributed by atoms with E-state index in [1.165, 1.54) is 35.8 Å². The molecule has 1 aliphatic rings. The second-order valence-electron chi connectivity index (χ2n) is 9.61. The second-order valence-corrected chi connectivity index (χ2v) is 11.7. The largest absolute Gasteiger partial charge is 0.465 e. The number of nitrogens with two attached hydrogens (primary N) is 1. The summed E-state index contributed by atoms with van der Waals surface area (Å²) in [5.41, 5.74) is 12.4. The number of nitrogen functional groups attached to an aromatic ring is 1. The Labute approximate surface area is 252 Å². The molecule has 1 amide bonds. The Morgan fingerprint density at radius 1 is 1.10 bits per heavy atom. The summed E-state index contributed by atoms with van der Waals surface area (Å²) < 4.78 is 5.06. The van der Waals surface area contributed by atoms with Gasteiger partial charge < -0.3 is 15.8 Å². The molecule has 4 aromatic rings. The number of nitriles is 2. The lowest BCUT2D eigenvalue weighted by molar-refractivity contribution is -0.115. The van der Waals surface area contributed by atoms with Crippen LogP contribution < -0.4 is 11.1 Å². The number of aryl methyl sites for hydroxylation is 2. The van der Waals surface area contributed by atoms with Gasteiger partial charge in [0.25, 0.3) is 0 Å². The van der Waals surface area contributed by atoms with E-state index in [2.05, 4.69) is 28.5 Å². The van der Waals surface area contributed by atoms with Gasteiger partial charge in [0.05, 0.1) is 18.2 Å². The molecule has 0 fully saturated rings. The number of rotatable bonds is 8. The predicted octanol–water partition coefficient (Wildman–Crippen LogP) is 6.37. The Bertz CT molecular complexity index is 1780. The predicted molar refractivity (Wildman–Crippen MR) is 165 cm³/mol. The van der Waals surface area contributed by atoms with E-state index in [1.807, 2.05) is 49.4 Å². The van der Waals surface area contributed by atoms with E-state index in [1.54, 1.807) is 0 Å². The lowest BCUT2D eigenvalue weighted by Gasteiger charge is -2.16. The van der Waals surface area contributed by atoms with Crippen molar-refractivity contribution in [3.8, 4) is 33.7 Å². The number of carbonyl (C=O) groups is 2. The second kappa shape index (κ2) is 12.5. The van der Waals surface area contributed by atoms with E-state index in [4.69, 9.17) is 10.5 Å². The van der Waals surface area contributed by atoms with Crippen molar-refractivity contribution >= 4 is 45.8 Å². The fraction of sp³-hybridized carbons (Fsp3) is 0.219. The first-order chi connectivity index (χ1) is 20.4. The number of pyridine rings is 1. The van der Waals surface area contributed by atoms with Crippen molar-refractivity contribution in [2.75, 3.05) is 23.9 Å². The van der Waals surface area contributed by atoms with Gasteiger partial charge in [-0.1, -0.05) is 55.5 Å². The Morgan fingerprint density at radius 3 is 2.52 bits per heavy atom. The van der Waals surface area contributed by atoms with Crippen LogP contribution in [0.4, 0.5) is 10.8 Å². The molecule has 42 heavy (non-hydrogen) atoms. The maximum Gasteiger partial charge on any atom is 0.341 e. The van der Waals surface area contributed by atoms with Crippen LogP contribution >= 0.6 is 23.1 Å². The lowest BCUT2D eigenvalue weighted by atomic mass is 9.89. The van der Waals surface area contributed by atoms with Crippen LogP contribution in [0.25, 0.3) is 21.6 Å². The summed E-state index contributed by atoms with van der Waals surface area (Å²) in [6.45, 7) is 2.05. The van der Waals surface area contributed by atoms with Crippen LogP contribution in [0, 0.1) is 22.7 Å².